The number of nitrogens with zero attached hydrogens (tertiary/aromatic N) is 2. The molecule has 1 aromatic heterocycles. The van der Waals surface area contributed by atoms with E-state index in [0.717, 1.165) is 32.0 Å². The van der Waals surface area contributed by atoms with E-state index in [1.54, 1.807) is 12.1 Å². The van der Waals surface area contributed by atoms with Gasteiger partial charge < -0.3 is 15.5 Å². The van der Waals surface area contributed by atoms with Gasteiger partial charge in [-0.2, -0.15) is 0 Å². The Balaban J connectivity index is 1.69. The normalized spacial score (nSPS) is 15.7. The van der Waals surface area contributed by atoms with Crippen molar-refractivity contribution in [2.24, 2.45) is 0 Å². The number of hydrogen-bond acceptors (Lipinski definition) is 4. The van der Waals surface area contributed by atoms with Crippen LogP contribution >= 0.6 is 0 Å². The lowest BCUT2D eigenvalue weighted by atomic mass is 10.1. The summed E-state index contributed by atoms with van der Waals surface area (Å²) in [5.41, 5.74) is -0.584. The number of benzene rings is 1. The molecule has 2 N–H and O–H groups in total. The van der Waals surface area contributed by atoms with Crippen molar-refractivity contribution in [1.29, 1.82) is 0 Å². The van der Waals surface area contributed by atoms with Crippen molar-refractivity contribution in [1.82, 2.24) is 9.88 Å². The van der Waals surface area contributed by atoms with E-state index < -0.39 is 28.9 Å². The Kier molecular flexibility index (Phi) is 5.41. The van der Waals surface area contributed by atoms with Gasteiger partial charge in [-0.15, -0.1) is 0 Å². The first kappa shape index (κ1) is 18.2. The van der Waals surface area contributed by atoms with E-state index in [4.69, 9.17) is 0 Å². The van der Waals surface area contributed by atoms with Crippen molar-refractivity contribution in [3.8, 4) is 0 Å². The Labute approximate surface area is 149 Å². The van der Waals surface area contributed by atoms with E-state index in [-0.39, 0.29) is 11.9 Å². The molecule has 1 amide bonds. The van der Waals surface area contributed by atoms with Crippen molar-refractivity contribution in [2.45, 2.75) is 18.9 Å². The highest BCUT2D eigenvalue weighted by atomic mass is 19.2. The molecule has 5 nitrogen and oxygen atoms in total. The van der Waals surface area contributed by atoms with E-state index in [1.807, 2.05) is 0 Å². The molecule has 0 spiro atoms. The number of piperidine rings is 1. The highest BCUT2D eigenvalue weighted by molar-refractivity contribution is 6.04. The van der Waals surface area contributed by atoms with Gasteiger partial charge in [-0.05, 0) is 57.2 Å². The zero-order valence-corrected chi connectivity index (χ0v) is 14.2. The monoisotopic (exact) mass is 364 g/mol. The first-order valence-electron chi connectivity index (χ1n) is 8.31. The molecule has 3 rings (SSSR count). The molecule has 0 atom stereocenters. The second-order valence-corrected chi connectivity index (χ2v) is 6.31. The number of nitrogens with one attached hydrogen (secondary N) is 2. The first-order valence-corrected chi connectivity index (χ1v) is 8.31. The van der Waals surface area contributed by atoms with Gasteiger partial charge in [-0.3, -0.25) is 4.79 Å². The summed E-state index contributed by atoms with van der Waals surface area (Å²) >= 11 is 0. The molecule has 0 unspecified atom stereocenters. The van der Waals surface area contributed by atoms with Crippen LogP contribution < -0.4 is 10.6 Å². The summed E-state index contributed by atoms with van der Waals surface area (Å²) in [5.74, 6) is -4.67. The summed E-state index contributed by atoms with van der Waals surface area (Å²) < 4.78 is 40.0. The molecular weight excluding hydrogens is 345 g/mol. The third-order valence-electron chi connectivity index (χ3n) is 4.34. The van der Waals surface area contributed by atoms with E-state index in [2.05, 4.69) is 27.6 Å². The van der Waals surface area contributed by atoms with Gasteiger partial charge in [0.25, 0.3) is 5.91 Å². The maximum Gasteiger partial charge on any atom is 0.259 e. The van der Waals surface area contributed by atoms with Crippen LogP contribution in [0.25, 0.3) is 0 Å². The van der Waals surface area contributed by atoms with Crippen LogP contribution in [-0.2, 0) is 0 Å². The van der Waals surface area contributed by atoms with Crippen LogP contribution in [-0.4, -0.2) is 42.0 Å². The summed E-state index contributed by atoms with van der Waals surface area (Å²) in [6.07, 6.45) is 1.96. The lowest BCUT2D eigenvalue weighted by molar-refractivity contribution is 0.102. The van der Waals surface area contributed by atoms with Crippen molar-refractivity contribution in [2.75, 3.05) is 30.8 Å². The fraction of sp³-hybridized carbons (Fsp3) is 0.333. The molecule has 1 aromatic carbocycles. The molecule has 0 saturated carbocycles. The van der Waals surface area contributed by atoms with E-state index in [9.17, 15) is 18.0 Å². The van der Waals surface area contributed by atoms with Gasteiger partial charge >= 0.3 is 0 Å². The number of likely N-dealkylation sites (tertiary alicyclic amines) is 1. The second-order valence-electron chi connectivity index (χ2n) is 6.31. The number of halogens is 3. The van der Waals surface area contributed by atoms with E-state index in [1.165, 1.54) is 6.07 Å². The minimum atomic E-state index is -1.68. The number of anilines is 2. The molecule has 1 fully saturated rings. The molecule has 0 aliphatic carbocycles. The number of carbonyl (C=O) groups is 1. The molecule has 1 aliphatic heterocycles. The Morgan fingerprint density at radius 2 is 1.77 bits per heavy atom. The Hall–Kier alpha value is -2.61. The fourth-order valence-electron chi connectivity index (χ4n) is 2.83. The highest BCUT2D eigenvalue weighted by Gasteiger charge is 2.20. The van der Waals surface area contributed by atoms with Crippen molar-refractivity contribution in [3.63, 3.8) is 0 Å². The number of hydrogen-bond donors (Lipinski definition) is 2. The Morgan fingerprint density at radius 1 is 1.08 bits per heavy atom. The molecular formula is C18H19F3N4O. The summed E-state index contributed by atoms with van der Waals surface area (Å²) in [6, 6.07) is 6.89. The zero-order chi connectivity index (χ0) is 18.7. The van der Waals surface area contributed by atoms with Gasteiger partial charge in [0.2, 0.25) is 0 Å². The van der Waals surface area contributed by atoms with Gasteiger partial charge in [0.05, 0.1) is 5.56 Å². The van der Waals surface area contributed by atoms with Crippen molar-refractivity contribution < 1.29 is 18.0 Å². The summed E-state index contributed by atoms with van der Waals surface area (Å²) in [6.45, 7) is 1.98. The van der Waals surface area contributed by atoms with Gasteiger partial charge in [0, 0.05) is 6.04 Å². The standard InChI is InChI=1S/C18H19F3N4O/c1-25-9-7-11(8-10-25)22-14-3-2-4-15(23-14)24-18(26)12-5-6-13(19)17(21)16(12)20/h2-6,11H,7-10H2,1H3,(H2,22,23,24,26). The minimum absolute atomic E-state index is 0.192. The zero-order valence-electron chi connectivity index (χ0n) is 14.2. The lowest BCUT2D eigenvalue weighted by Gasteiger charge is -2.29. The van der Waals surface area contributed by atoms with Crippen LogP contribution in [0.15, 0.2) is 30.3 Å². The Bertz CT molecular complexity index is 807. The summed E-state index contributed by atoms with van der Waals surface area (Å²) in [5, 5.41) is 5.71. The number of carbonyl (C=O) groups excluding carboxylic acids is 1. The number of rotatable bonds is 4. The summed E-state index contributed by atoms with van der Waals surface area (Å²) in [7, 11) is 2.07. The van der Waals surface area contributed by atoms with E-state index >= 15 is 0 Å². The molecule has 2 aromatic rings. The SMILES string of the molecule is CN1CCC(Nc2cccc(NC(=O)c3ccc(F)c(F)c3F)n2)CC1. The largest absolute Gasteiger partial charge is 0.367 e. The second kappa shape index (κ2) is 7.74. The fourth-order valence-corrected chi connectivity index (χ4v) is 2.83. The molecule has 1 saturated heterocycles. The van der Waals surface area contributed by atoms with Gasteiger partial charge in [0.15, 0.2) is 17.5 Å². The third-order valence-corrected chi connectivity index (χ3v) is 4.34. The molecule has 0 radical (unpaired) electrons. The molecule has 1 aliphatic rings. The van der Waals surface area contributed by atoms with Gasteiger partial charge in [-0.25, -0.2) is 18.2 Å². The quantitative estimate of drug-likeness (QED) is 0.818. The average molecular weight is 364 g/mol. The maximum atomic E-state index is 13.7. The smallest absolute Gasteiger partial charge is 0.259 e. The number of aromatic nitrogens is 1. The third kappa shape index (κ3) is 4.13. The minimum Gasteiger partial charge on any atom is -0.367 e. The van der Waals surface area contributed by atoms with Crippen LogP contribution in [0.2, 0.25) is 0 Å². The number of amides is 1. The van der Waals surface area contributed by atoms with Crippen LogP contribution in [0.3, 0.4) is 0 Å². The molecule has 138 valence electrons. The maximum absolute atomic E-state index is 13.7. The van der Waals surface area contributed by atoms with E-state index in [0.29, 0.717) is 11.9 Å². The lowest BCUT2D eigenvalue weighted by Crippen LogP contribution is -2.36. The number of pyridine rings is 1. The molecule has 26 heavy (non-hydrogen) atoms. The average Bonchev–Trinajstić information content (AvgIpc) is 2.62. The topological polar surface area (TPSA) is 57.3 Å². The van der Waals surface area contributed by atoms with Crippen molar-refractivity contribution in [3.05, 3.63) is 53.3 Å². The van der Waals surface area contributed by atoms with Gasteiger partial charge in [0.1, 0.15) is 11.6 Å². The van der Waals surface area contributed by atoms with Gasteiger partial charge in [-0.1, -0.05) is 6.07 Å². The van der Waals surface area contributed by atoms with Crippen LogP contribution in [0.1, 0.15) is 23.2 Å². The highest BCUT2D eigenvalue weighted by Crippen LogP contribution is 2.19. The van der Waals surface area contributed by atoms with Crippen LogP contribution in [0.4, 0.5) is 24.8 Å². The first-order chi connectivity index (χ1) is 12.4. The predicted molar refractivity (Wildman–Crippen MR) is 92.6 cm³/mol. The molecule has 8 heteroatoms. The summed E-state index contributed by atoms with van der Waals surface area (Å²) in [4.78, 5) is 18.7. The Morgan fingerprint density at radius 3 is 2.50 bits per heavy atom. The molecule has 2 heterocycles. The molecule has 0 bridgehead atoms. The van der Waals surface area contributed by atoms with Crippen LogP contribution in [0, 0.1) is 17.5 Å². The predicted octanol–water partition coefficient (Wildman–Crippen LogP) is 3.26. The van der Waals surface area contributed by atoms with Crippen molar-refractivity contribution >= 4 is 17.5 Å². The van der Waals surface area contributed by atoms with Crippen LogP contribution in [0.5, 0.6) is 0 Å².